The van der Waals surface area contributed by atoms with Crippen molar-refractivity contribution in [3.8, 4) is 11.1 Å². The molecule has 0 saturated heterocycles. The zero-order valence-electron chi connectivity index (χ0n) is 8.25. The van der Waals surface area contributed by atoms with Gasteiger partial charge in [-0.3, -0.25) is 4.79 Å². The van der Waals surface area contributed by atoms with Crippen LogP contribution in [-0.4, -0.2) is 4.98 Å². The van der Waals surface area contributed by atoms with Crippen molar-refractivity contribution in [3.63, 3.8) is 0 Å². The third-order valence-electron chi connectivity index (χ3n) is 2.29. The summed E-state index contributed by atoms with van der Waals surface area (Å²) in [5.41, 5.74) is 1.91. The number of nitrogens with one attached hydrogen (secondary N) is 1. The Labute approximate surface area is 86.4 Å². The van der Waals surface area contributed by atoms with Crippen molar-refractivity contribution in [1.29, 1.82) is 0 Å². The fourth-order valence-corrected chi connectivity index (χ4v) is 1.44. The Morgan fingerprint density at radius 2 is 1.80 bits per heavy atom. The zero-order valence-corrected chi connectivity index (χ0v) is 8.25. The molecule has 1 N–H and O–H groups in total. The molecule has 0 aliphatic rings. The van der Waals surface area contributed by atoms with E-state index in [0.717, 1.165) is 5.56 Å². The predicted molar refractivity (Wildman–Crippen MR) is 57.2 cm³/mol. The number of hydrogen-bond acceptors (Lipinski definition) is 1. The fraction of sp³-hybridized carbons (Fsp3) is 0.0833. The molecule has 2 aromatic rings. The molecule has 0 fully saturated rings. The highest BCUT2D eigenvalue weighted by atomic mass is 19.1. The lowest BCUT2D eigenvalue weighted by Gasteiger charge is -2.01. The molecule has 2 rings (SSSR count). The van der Waals surface area contributed by atoms with Crippen molar-refractivity contribution in [2.24, 2.45) is 0 Å². The lowest BCUT2D eigenvalue weighted by atomic mass is 10.1. The Kier molecular flexibility index (Phi) is 2.37. The van der Waals surface area contributed by atoms with Crippen LogP contribution >= 0.6 is 0 Å². The second-order valence-corrected chi connectivity index (χ2v) is 3.39. The molecule has 1 aromatic carbocycles. The molecule has 0 radical (unpaired) electrons. The molecule has 0 aliphatic heterocycles. The Bertz CT molecular complexity index is 528. The van der Waals surface area contributed by atoms with Gasteiger partial charge in [0.25, 0.3) is 0 Å². The third-order valence-corrected chi connectivity index (χ3v) is 2.29. The maximum atomic E-state index is 12.7. The van der Waals surface area contributed by atoms with Gasteiger partial charge in [0.05, 0.1) is 0 Å². The van der Waals surface area contributed by atoms with Gasteiger partial charge >= 0.3 is 0 Å². The van der Waals surface area contributed by atoms with Crippen LogP contribution in [0.1, 0.15) is 5.56 Å². The summed E-state index contributed by atoms with van der Waals surface area (Å²) in [4.78, 5) is 14.6. The minimum atomic E-state index is -0.303. The minimum Gasteiger partial charge on any atom is -0.367 e. The van der Waals surface area contributed by atoms with Crippen molar-refractivity contribution in [2.45, 2.75) is 6.92 Å². The van der Waals surface area contributed by atoms with E-state index in [9.17, 15) is 9.18 Å². The van der Waals surface area contributed by atoms with Gasteiger partial charge in [-0.2, -0.15) is 0 Å². The van der Waals surface area contributed by atoms with Gasteiger partial charge in [0.1, 0.15) is 5.82 Å². The lowest BCUT2D eigenvalue weighted by molar-refractivity contribution is 0.628. The number of rotatable bonds is 1. The Hall–Kier alpha value is -1.90. The minimum absolute atomic E-state index is 0.0274. The maximum Gasteiger partial charge on any atom is 0.192 e. The number of aromatic amines is 1. The predicted octanol–water partition coefficient (Wildman–Crippen LogP) is 2.49. The van der Waals surface area contributed by atoms with Crippen LogP contribution in [0.5, 0.6) is 0 Å². The van der Waals surface area contributed by atoms with Gasteiger partial charge < -0.3 is 4.98 Å². The van der Waals surface area contributed by atoms with E-state index >= 15 is 0 Å². The van der Waals surface area contributed by atoms with Gasteiger partial charge in [0, 0.05) is 23.5 Å². The third kappa shape index (κ3) is 1.81. The highest BCUT2D eigenvalue weighted by Gasteiger charge is 2.04. The van der Waals surface area contributed by atoms with Crippen LogP contribution in [0.25, 0.3) is 11.1 Å². The van der Waals surface area contributed by atoms with Crippen LogP contribution in [0.15, 0.2) is 41.5 Å². The number of H-pyrrole nitrogens is 1. The molecule has 76 valence electrons. The molecule has 0 amide bonds. The Balaban J connectivity index is 2.59. The molecular formula is C12H10FNO. The summed E-state index contributed by atoms with van der Waals surface area (Å²) in [6, 6.07) is 5.88. The van der Waals surface area contributed by atoms with Crippen molar-refractivity contribution >= 4 is 0 Å². The SMILES string of the molecule is Cc1c[nH]cc(-c2ccc(F)cc2)c1=O. The first-order valence-corrected chi connectivity index (χ1v) is 4.62. The largest absolute Gasteiger partial charge is 0.367 e. The molecule has 0 saturated carbocycles. The van der Waals surface area contributed by atoms with Gasteiger partial charge in [-0.15, -0.1) is 0 Å². The summed E-state index contributed by atoms with van der Waals surface area (Å²) in [5, 5.41) is 0. The van der Waals surface area contributed by atoms with Gasteiger partial charge in [-0.25, -0.2) is 4.39 Å². The van der Waals surface area contributed by atoms with E-state index in [-0.39, 0.29) is 11.2 Å². The van der Waals surface area contributed by atoms with Crippen molar-refractivity contribution in [1.82, 2.24) is 4.98 Å². The maximum absolute atomic E-state index is 12.7. The van der Waals surface area contributed by atoms with Gasteiger partial charge in [0.15, 0.2) is 5.43 Å². The molecule has 1 heterocycles. The van der Waals surface area contributed by atoms with Crippen molar-refractivity contribution in [3.05, 3.63) is 58.3 Å². The monoisotopic (exact) mass is 203 g/mol. The molecular weight excluding hydrogens is 193 g/mol. The average Bonchev–Trinajstić information content (AvgIpc) is 2.24. The highest BCUT2D eigenvalue weighted by molar-refractivity contribution is 5.62. The van der Waals surface area contributed by atoms with Crippen LogP contribution < -0.4 is 5.43 Å². The van der Waals surface area contributed by atoms with E-state index < -0.39 is 0 Å². The summed E-state index contributed by atoms with van der Waals surface area (Å²) in [6.45, 7) is 1.74. The quantitative estimate of drug-likeness (QED) is 0.758. The molecule has 0 aliphatic carbocycles. The molecule has 15 heavy (non-hydrogen) atoms. The van der Waals surface area contributed by atoms with E-state index in [1.807, 2.05) is 0 Å². The first kappa shape index (κ1) is 9.65. The lowest BCUT2D eigenvalue weighted by Crippen LogP contribution is -2.08. The molecule has 0 atom stereocenters. The number of halogens is 1. The second-order valence-electron chi connectivity index (χ2n) is 3.39. The topological polar surface area (TPSA) is 32.9 Å². The van der Waals surface area contributed by atoms with E-state index in [1.54, 1.807) is 31.5 Å². The number of aromatic nitrogens is 1. The molecule has 2 nitrogen and oxygen atoms in total. The number of pyridine rings is 1. The smallest absolute Gasteiger partial charge is 0.192 e. The summed E-state index contributed by atoms with van der Waals surface area (Å²) >= 11 is 0. The van der Waals surface area contributed by atoms with E-state index in [0.29, 0.717) is 11.1 Å². The number of hydrogen-bond donors (Lipinski definition) is 1. The zero-order chi connectivity index (χ0) is 10.8. The van der Waals surface area contributed by atoms with Crippen LogP contribution in [0.4, 0.5) is 4.39 Å². The average molecular weight is 203 g/mol. The van der Waals surface area contributed by atoms with Crippen molar-refractivity contribution in [2.75, 3.05) is 0 Å². The summed E-state index contributed by atoms with van der Waals surface area (Å²) in [7, 11) is 0. The van der Waals surface area contributed by atoms with Crippen LogP contribution in [0, 0.1) is 12.7 Å². The number of benzene rings is 1. The molecule has 3 heteroatoms. The first-order valence-electron chi connectivity index (χ1n) is 4.62. The van der Waals surface area contributed by atoms with Gasteiger partial charge in [-0.05, 0) is 24.6 Å². The van der Waals surface area contributed by atoms with Crippen LogP contribution in [0.3, 0.4) is 0 Å². The number of aryl methyl sites for hydroxylation is 1. The molecule has 0 bridgehead atoms. The standard InChI is InChI=1S/C12H10FNO/c1-8-6-14-7-11(12(8)15)9-2-4-10(13)5-3-9/h2-7H,1H3,(H,14,15). The van der Waals surface area contributed by atoms with Gasteiger partial charge in [-0.1, -0.05) is 12.1 Å². The molecule has 1 aromatic heterocycles. The van der Waals surface area contributed by atoms with Crippen LogP contribution in [0.2, 0.25) is 0 Å². The van der Waals surface area contributed by atoms with E-state index in [2.05, 4.69) is 4.98 Å². The van der Waals surface area contributed by atoms with Gasteiger partial charge in [0.2, 0.25) is 0 Å². The van der Waals surface area contributed by atoms with Crippen molar-refractivity contribution < 1.29 is 4.39 Å². The summed E-state index contributed by atoms with van der Waals surface area (Å²) < 4.78 is 12.7. The summed E-state index contributed by atoms with van der Waals surface area (Å²) in [6.07, 6.45) is 3.28. The highest BCUT2D eigenvalue weighted by Crippen LogP contribution is 2.15. The Morgan fingerprint density at radius 3 is 2.47 bits per heavy atom. The van der Waals surface area contributed by atoms with Crippen LogP contribution in [-0.2, 0) is 0 Å². The first-order chi connectivity index (χ1) is 7.18. The fourth-order valence-electron chi connectivity index (χ4n) is 1.44. The molecule has 0 unspecified atom stereocenters. The van der Waals surface area contributed by atoms with E-state index in [4.69, 9.17) is 0 Å². The normalized spacial score (nSPS) is 10.3. The second kappa shape index (κ2) is 3.69. The summed E-state index contributed by atoms with van der Waals surface area (Å²) in [5.74, 6) is -0.303. The Morgan fingerprint density at radius 1 is 1.13 bits per heavy atom. The van der Waals surface area contributed by atoms with E-state index in [1.165, 1.54) is 12.1 Å². The molecule has 0 spiro atoms.